The van der Waals surface area contributed by atoms with Crippen molar-refractivity contribution < 1.29 is 8.83 Å². The van der Waals surface area contributed by atoms with Crippen molar-refractivity contribution in [2.75, 3.05) is 4.90 Å². The molecule has 0 saturated carbocycles. The van der Waals surface area contributed by atoms with Crippen LogP contribution in [0.3, 0.4) is 0 Å². The Morgan fingerprint density at radius 2 is 1.02 bits per heavy atom. The van der Waals surface area contributed by atoms with Gasteiger partial charge >= 0.3 is 0 Å². The van der Waals surface area contributed by atoms with Crippen molar-refractivity contribution in [1.29, 1.82) is 0 Å². The minimum absolute atomic E-state index is 0.117. The Bertz CT molecular complexity index is 3400. The average Bonchev–Trinajstić information content (AvgIpc) is 3.92. The fourth-order valence-electron chi connectivity index (χ4n) is 9.63. The highest BCUT2D eigenvalue weighted by Crippen LogP contribution is 2.51. The van der Waals surface area contributed by atoms with Gasteiger partial charge in [-0.1, -0.05) is 147 Å². The summed E-state index contributed by atoms with van der Waals surface area (Å²) in [5.41, 5.74) is 16.4. The monoisotopic (exact) mass is 743 g/mol. The summed E-state index contributed by atoms with van der Waals surface area (Å²) in [6.45, 7) is 4.69. The maximum atomic E-state index is 6.78. The predicted molar refractivity (Wildman–Crippen MR) is 242 cm³/mol. The molecule has 0 amide bonds. The summed E-state index contributed by atoms with van der Waals surface area (Å²) in [4.78, 5) is 2.38. The zero-order valence-corrected chi connectivity index (χ0v) is 32.2. The zero-order chi connectivity index (χ0) is 38.5. The SMILES string of the molecule is CC1(C)c2ccccc2-c2ccc(N(c3ccc(-c4ccccc4)cc3)c3ccc(-c4cc5oc6ccc7ccccc7c6c5c5c4oc4ccccc45)cc3)cc21. The number of fused-ring (bicyclic) bond motifs is 12. The quantitative estimate of drug-likeness (QED) is 0.176. The Morgan fingerprint density at radius 1 is 0.379 bits per heavy atom. The standard InChI is InChI=1S/C55H37NO2/c1-55(2)46-18-10-8-16-42(46)43-30-29-40(32-47(43)55)56(38-25-20-35(21-26-38)34-12-4-3-5-13-34)39-27-22-37(23-28-39)45-33-50-53(52-44-17-9-11-19-48(44)58-54(45)52)51-41-15-7-6-14-36(41)24-31-49(51)57-50/h3-33H,1-2H3. The first-order chi connectivity index (χ1) is 28.5. The number of nitrogens with zero attached hydrogens (tertiary/aromatic N) is 1. The van der Waals surface area contributed by atoms with E-state index in [2.05, 4.69) is 201 Å². The van der Waals surface area contributed by atoms with Crippen LogP contribution < -0.4 is 4.90 Å². The molecule has 11 aromatic rings. The molecule has 3 heteroatoms. The number of hydrogen-bond acceptors (Lipinski definition) is 3. The number of furan rings is 2. The van der Waals surface area contributed by atoms with Crippen LogP contribution in [0.4, 0.5) is 17.1 Å². The molecule has 2 heterocycles. The van der Waals surface area contributed by atoms with Crippen molar-refractivity contribution in [3.8, 4) is 33.4 Å². The normalized spacial score (nSPS) is 13.1. The third-order valence-electron chi connectivity index (χ3n) is 12.5. The minimum atomic E-state index is -0.117. The number of anilines is 3. The Kier molecular flexibility index (Phi) is 6.98. The van der Waals surface area contributed by atoms with Gasteiger partial charge in [0.15, 0.2) is 0 Å². The van der Waals surface area contributed by atoms with E-state index in [4.69, 9.17) is 8.83 Å². The second-order valence-corrected chi connectivity index (χ2v) is 16.1. The molecule has 0 atom stereocenters. The molecule has 0 radical (unpaired) electrons. The summed E-state index contributed by atoms with van der Waals surface area (Å²) >= 11 is 0. The zero-order valence-electron chi connectivity index (χ0n) is 32.2. The lowest BCUT2D eigenvalue weighted by molar-refractivity contribution is 0.660. The Hall–Kier alpha value is -7.36. The number of benzene rings is 9. The van der Waals surface area contributed by atoms with E-state index in [-0.39, 0.29) is 5.41 Å². The molecular weight excluding hydrogens is 707 g/mol. The van der Waals surface area contributed by atoms with Crippen molar-refractivity contribution in [3.05, 3.63) is 199 Å². The van der Waals surface area contributed by atoms with Gasteiger partial charge in [0.2, 0.25) is 0 Å². The molecule has 58 heavy (non-hydrogen) atoms. The first-order valence-corrected chi connectivity index (χ1v) is 20.0. The van der Waals surface area contributed by atoms with Crippen molar-refractivity contribution >= 4 is 71.7 Å². The molecule has 2 aromatic heterocycles. The average molecular weight is 744 g/mol. The van der Waals surface area contributed by atoms with Crippen LogP contribution in [0.15, 0.2) is 197 Å². The van der Waals surface area contributed by atoms with Crippen LogP contribution in [0, 0.1) is 0 Å². The van der Waals surface area contributed by atoms with Gasteiger partial charge in [0.25, 0.3) is 0 Å². The van der Waals surface area contributed by atoms with Gasteiger partial charge in [-0.25, -0.2) is 0 Å². The highest BCUT2D eigenvalue weighted by atomic mass is 16.3. The van der Waals surface area contributed by atoms with Gasteiger partial charge in [-0.05, 0) is 104 Å². The first kappa shape index (κ1) is 32.8. The number of hydrogen-bond donors (Lipinski definition) is 0. The van der Waals surface area contributed by atoms with Gasteiger partial charge in [0.05, 0.1) is 0 Å². The van der Waals surface area contributed by atoms with Gasteiger partial charge in [-0.2, -0.15) is 0 Å². The van der Waals surface area contributed by atoms with E-state index in [1.54, 1.807) is 0 Å². The molecule has 274 valence electrons. The second kappa shape index (κ2) is 12.3. The van der Waals surface area contributed by atoms with Gasteiger partial charge < -0.3 is 13.7 Å². The summed E-state index contributed by atoms with van der Waals surface area (Å²) in [5.74, 6) is 0. The van der Waals surface area contributed by atoms with E-state index in [1.807, 2.05) is 6.07 Å². The van der Waals surface area contributed by atoms with Crippen LogP contribution in [0.5, 0.6) is 0 Å². The van der Waals surface area contributed by atoms with Crippen molar-refractivity contribution in [1.82, 2.24) is 0 Å². The highest BCUT2D eigenvalue weighted by Gasteiger charge is 2.35. The largest absolute Gasteiger partial charge is 0.456 e. The third kappa shape index (κ3) is 4.80. The van der Waals surface area contributed by atoms with Crippen molar-refractivity contribution in [2.24, 2.45) is 0 Å². The van der Waals surface area contributed by atoms with E-state index in [0.29, 0.717) is 0 Å². The molecule has 1 aliphatic carbocycles. The molecule has 0 N–H and O–H groups in total. The lowest BCUT2D eigenvalue weighted by Crippen LogP contribution is -2.16. The lowest BCUT2D eigenvalue weighted by atomic mass is 9.82. The van der Waals surface area contributed by atoms with Crippen LogP contribution in [0.1, 0.15) is 25.0 Å². The number of para-hydroxylation sites is 1. The first-order valence-electron chi connectivity index (χ1n) is 20.0. The van der Waals surface area contributed by atoms with Crippen LogP contribution in [-0.2, 0) is 5.41 Å². The Labute approximate surface area is 336 Å². The molecule has 1 aliphatic rings. The maximum Gasteiger partial charge on any atom is 0.144 e. The van der Waals surface area contributed by atoms with E-state index >= 15 is 0 Å². The Morgan fingerprint density at radius 3 is 1.83 bits per heavy atom. The van der Waals surface area contributed by atoms with Gasteiger partial charge in [-0.3, -0.25) is 0 Å². The minimum Gasteiger partial charge on any atom is -0.456 e. The molecule has 0 bridgehead atoms. The summed E-state index contributed by atoms with van der Waals surface area (Å²) in [5, 5.41) is 6.76. The molecular formula is C55H37NO2. The van der Waals surface area contributed by atoms with Gasteiger partial charge in [-0.15, -0.1) is 0 Å². The van der Waals surface area contributed by atoms with Crippen LogP contribution >= 0.6 is 0 Å². The van der Waals surface area contributed by atoms with Crippen molar-refractivity contribution in [3.63, 3.8) is 0 Å². The fraction of sp³-hybridized carbons (Fsp3) is 0.0545. The summed E-state index contributed by atoms with van der Waals surface area (Å²) in [6, 6.07) is 67.5. The van der Waals surface area contributed by atoms with Crippen LogP contribution in [-0.4, -0.2) is 0 Å². The third-order valence-corrected chi connectivity index (χ3v) is 12.5. The predicted octanol–water partition coefficient (Wildman–Crippen LogP) is 15.7. The smallest absolute Gasteiger partial charge is 0.144 e. The summed E-state index contributed by atoms with van der Waals surface area (Å²) in [6.07, 6.45) is 0. The highest BCUT2D eigenvalue weighted by molar-refractivity contribution is 6.32. The van der Waals surface area contributed by atoms with Gasteiger partial charge in [0, 0.05) is 49.6 Å². The topological polar surface area (TPSA) is 29.5 Å². The Balaban J connectivity index is 1.03. The molecule has 0 unspecified atom stereocenters. The second-order valence-electron chi connectivity index (χ2n) is 16.1. The van der Waals surface area contributed by atoms with E-state index in [0.717, 1.165) is 72.1 Å². The summed E-state index contributed by atoms with van der Waals surface area (Å²) in [7, 11) is 0. The number of rotatable bonds is 5. The maximum absolute atomic E-state index is 6.78. The van der Waals surface area contributed by atoms with E-state index in [9.17, 15) is 0 Å². The van der Waals surface area contributed by atoms with Crippen molar-refractivity contribution in [2.45, 2.75) is 19.3 Å². The molecule has 3 nitrogen and oxygen atoms in total. The lowest BCUT2D eigenvalue weighted by Gasteiger charge is -2.28. The van der Waals surface area contributed by atoms with E-state index in [1.165, 1.54) is 44.2 Å². The van der Waals surface area contributed by atoms with Crippen LogP contribution in [0.25, 0.3) is 88.0 Å². The molecule has 0 aliphatic heterocycles. The van der Waals surface area contributed by atoms with E-state index < -0.39 is 0 Å². The fourth-order valence-corrected chi connectivity index (χ4v) is 9.63. The molecule has 12 rings (SSSR count). The molecule has 0 saturated heterocycles. The summed E-state index contributed by atoms with van der Waals surface area (Å²) < 4.78 is 13.5. The molecule has 9 aromatic carbocycles. The van der Waals surface area contributed by atoms with Gasteiger partial charge in [0.1, 0.15) is 22.3 Å². The molecule has 0 fully saturated rings. The van der Waals surface area contributed by atoms with Crippen LogP contribution in [0.2, 0.25) is 0 Å². The molecule has 0 spiro atoms.